The van der Waals surface area contributed by atoms with Gasteiger partial charge < -0.3 is 15.0 Å². The van der Waals surface area contributed by atoms with E-state index in [0.29, 0.717) is 43.0 Å². The molecule has 1 aliphatic carbocycles. The molecule has 1 N–H and O–H groups in total. The van der Waals surface area contributed by atoms with Gasteiger partial charge in [-0.25, -0.2) is 4.99 Å². The zero-order valence-corrected chi connectivity index (χ0v) is 23.2. The number of nitrogens with zero attached hydrogens (tertiary/aromatic N) is 2. The van der Waals surface area contributed by atoms with Gasteiger partial charge in [-0.15, -0.1) is 6.42 Å². The van der Waals surface area contributed by atoms with Crippen LogP contribution in [-0.4, -0.2) is 49.9 Å². The van der Waals surface area contributed by atoms with E-state index in [4.69, 9.17) is 11.2 Å². The van der Waals surface area contributed by atoms with Crippen molar-refractivity contribution in [3.8, 4) is 12.3 Å². The number of carbonyl (C=O) groups is 1. The maximum absolute atomic E-state index is 12.9. The minimum absolute atomic E-state index is 0.241. The average molecular weight is 520 g/mol. The first-order valence-corrected chi connectivity index (χ1v) is 13.7. The first-order valence-electron chi connectivity index (χ1n) is 13.7. The zero-order valence-electron chi connectivity index (χ0n) is 23.2. The van der Waals surface area contributed by atoms with Crippen molar-refractivity contribution in [1.29, 1.82) is 0 Å². The van der Waals surface area contributed by atoms with Crippen molar-refractivity contribution in [2.24, 2.45) is 10.4 Å². The Hall–Kier alpha value is -3.72. The number of nitrogens with one attached hydrogen (secondary N) is 1. The van der Waals surface area contributed by atoms with E-state index in [1.165, 1.54) is 48.2 Å². The lowest BCUT2D eigenvalue weighted by molar-refractivity contribution is -0.117. The Morgan fingerprint density at radius 3 is 2.36 bits per heavy atom. The predicted molar refractivity (Wildman–Crippen MR) is 158 cm³/mol. The van der Waals surface area contributed by atoms with E-state index >= 15 is 0 Å². The Balaban J connectivity index is 1.28. The fourth-order valence-electron chi connectivity index (χ4n) is 6.02. The van der Waals surface area contributed by atoms with Gasteiger partial charge in [-0.05, 0) is 73.9 Å². The number of allylic oxidation sites excluding steroid dienone is 2. The summed E-state index contributed by atoms with van der Waals surface area (Å²) in [7, 11) is 2.20. The molecule has 0 unspecified atom stereocenters. The van der Waals surface area contributed by atoms with Crippen LogP contribution >= 0.6 is 0 Å². The monoisotopic (exact) mass is 519 g/mol. The molecular formula is C34H37N3O2. The number of benzene rings is 2. The van der Waals surface area contributed by atoms with E-state index in [0.717, 1.165) is 11.1 Å². The zero-order chi connectivity index (χ0) is 27.4. The summed E-state index contributed by atoms with van der Waals surface area (Å²) in [5, 5.41) is 3.00. The summed E-state index contributed by atoms with van der Waals surface area (Å²) < 4.78 is 5.36. The molecule has 5 heteroatoms. The van der Waals surface area contributed by atoms with Crippen molar-refractivity contribution in [2.75, 3.05) is 33.4 Å². The molecule has 2 aromatic carbocycles. The molecule has 0 aromatic heterocycles. The summed E-state index contributed by atoms with van der Waals surface area (Å²) in [6.07, 6.45) is 12.4. The molecule has 39 heavy (non-hydrogen) atoms. The van der Waals surface area contributed by atoms with E-state index in [9.17, 15) is 4.79 Å². The van der Waals surface area contributed by atoms with Gasteiger partial charge in [0.2, 0.25) is 0 Å². The van der Waals surface area contributed by atoms with Crippen LogP contribution in [0.2, 0.25) is 0 Å². The number of ether oxygens (including phenoxy) is 1. The smallest absolute Gasteiger partial charge is 0.269 e. The highest BCUT2D eigenvalue weighted by Crippen LogP contribution is 2.54. The predicted octanol–water partition coefficient (Wildman–Crippen LogP) is 5.46. The molecule has 0 atom stereocenters. The summed E-state index contributed by atoms with van der Waals surface area (Å²) in [5.41, 5.74) is 9.97. The molecule has 2 aliphatic heterocycles. The quantitative estimate of drug-likeness (QED) is 0.300. The molecule has 2 heterocycles. The molecule has 2 aromatic rings. The molecule has 0 bridgehead atoms. The summed E-state index contributed by atoms with van der Waals surface area (Å²) in [5.74, 6) is 2.39. The van der Waals surface area contributed by atoms with Crippen LogP contribution in [0.3, 0.4) is 0 Å². The number of aryl methyl sites for hydroxylation is 1. The summed E-state index contributed by atoms with van der Waals surface area (Å²) in [6, 6.07) is 17.4. The second-order valence-electron chi connectivity index (χ2n) is 11.1. The van der Waals surface area contributed by atoms with Gasteiger partial charge in [0.1, 0.15) is 11.4 Å². The number of amides is 1. The van der Waals surface area contributed by atoms with Gasteiger partial charge >= 0.3 is 0 Å². The lowest BCUT2D eigenvalue weighted by Gasteiger charge is -2.56. The van der Waals surface area contributed by atoms with Crippen LogP contribution in [0, 0.1) is 24.7 Å². The maximum atomic E-state index is 12.9. The lowest BCUT2D eigenvalue weighted by Crippen LogP contribution is -2.58. The Labute approximate surface area is 232 Å². The van der Waals surface area contributed by atoms with Crippen molar-refractivity contribution in [3.05, 3.63) is 99.8 Å². The first kappa shape index (κ1) is 26.9. The fourth-order valence-corrected chi connectivity index (χ4v) is 6.02. The molecular weight excluding hydrogens is 482 g/mol. The van der Waals surface area contributed by atoms with E-state index < -0.39 is 0 Å². The van der Waals surface area contributed by atoms with E-state index in [1.54, 1.807) is 18.6 Å². The number of hydrogen-bond donors (Lipinski definition) is 1. The third-order valence-corrected chi connectivity index (χ3v) is 7.92. The third kappa shape index (κ3) is 5.98. The molecule has 5 rings (SSSR count). The highest BCUT2D eigenvalue weighted by atomic mass is 16.5. The summed E-state index contributed by atoms with van der Waals surface area (Å²) in [4.78, 5) is 19.8. The summed E-state index contributed by atoms with van der Waals surface area (Å²) in [6.45, 7) is 7.87. The molecule has 0 radical (unpaired) electrons. The van der Waals surface area contributed by atoms with Crippen molar-refractivity contribution < 1.29 is 9.53 Å². The van der Waals surface area contributed by atoms with Crippen LogP contribution in [0.5, 0.6) is 0 Å². The molecule has 1 saturated heterocycles. The highest BCUT2D eigenvalue weighted by Gasteiger charge is 2.49. The van der Waals surface area contributed by atoms with E-state index in [1.807, 2.05) is 6.08 Å². The van der Waals surface area contributed by atoms with Crippen LogP contribution in [0.15, 0.2) is 82.5 Å². The number of likely N-dealkylation sites (tertiary alicyclic amines) is 1. The van der Waals surface area contributed by atoms with Gasteiger partial charge in [-0.1, -0.05) is 71.8 Å². The molecule has 1 spiro atoms. The van der Waals surface area contributed by atoms with Gasteiger partial charge in [-0.2, -0.15) is 0 Å². The Morgan fingerprint density at radius 2 is 1.79 bits per heavy atom. The number of hydrogen-bond acceptors (Lipinski definition) is 4. The largest absolute Gasteiger partial charge is 0.377 e. The Morgan fingerprint density at radius 1 is 1.13 bits per heavy atom. The molecule has 1 amide bonds. The molecule has 1 saturated carbocycles. The molecule has 2 fully saturated rings. The number of terminal acetylenes is 1. The maximum Gasteiger partial charge on any atom is 0.269 e. The standard InChI is InChI=1S/C34H37N3O2/c1-5-30(26-15-17-39-18-16-26)36-31(6-2)33(38)35-21-25-9-13-28(14-10-25)32(27-11-7-24(3)8-12-27)29-19-34(20-29)22-37(4)23-34/h1,6-15H,16-23H2,2-4H3,(H,35,38)/b31-6-,36-30?. The van der Waals surface area contributed by atoms with Gasteiger partial charge in [-0.3, -0.25) is 4.79 Å². The Bertz CT molecular complexity index is 1390. The lowest BCUT2D eigenvalue weighted by atomic mass is 9.59. The minimum Gasteiger partial charge on any atom is -0.377 e. The second kappa shape index (κ2) is 11.6. The SMILES string of the molecule is C#CC(=N/C(=C\C)C(=O)NCc1ccc(C(=C2CC3(C2)CN(C)C3)c2ccc(C)cc2)cc1)C1=CCOCC1. The van der Waals surface area contributed by atoms with Gasteiger partial charge in [0.05, 0.1) is 13.2 Å². The van der Waals surface area contributed by atoms with Crippen LogP contribution in [0.4, 0.5) is 0 Å². The van der Waals surface area contributed by atoms with Crippen molar-refractivity contribution in [1.82, 2.24) is 10.2 Å². The van der Waals surface area contributed by atoms with Crippen molar-refractivity contribution in [3.63, 3.8) is 0 Å². The van der Waals surface area contributed by atoms with Crippen LogP contribution < -0.4 is 5.32 Å². The molecule has 200 valence electrons. The van der Waals surface area contributed by atoms with Crippen LogP contribution in [0.1, 0.15) is 48.4 Å². The minimum atomic E-state index is -0.241. The number of rotatable bonds is 7. The second-order valence-corrected chi connectivity index (χ2v) is 11.1. The highest BCUT2D eigenvalue weighted by molar-refractivity contribution is 6.14. The number of carbonyl (C=O) groups excluding carboxylic acids is 1. The van der Waals surface area contributed by atoms with Gasteiger partial charge in [0.15, 0.2) is 0 Å². The Kier molecular flexibility index (Phi) is 7.97. The summed E-state index contributed by atoms with van der Waals surface area (Å²) >= 11 is 0. The first-order chi connectivity index (χ1) is 18.9. The molecule has 3 aliphatic rings. The van der Waals surface area contributed by atoms with Crippen molar-refractivity contribution in [2.45, 2.75) is 39.7 Å². The normalized spacial score (nSPS) is 19.0. The average Bonchev–Trinajstić information content (AvgIpc) is 2.92. The van der Waals surface area contributed by atoms with E-state index in [2.05, 4.69) is 83.6 Å². The van der Waals surface area contributed by atoms with Crippen molar-refractivity contribution >= 4 is 17.2 Å². The molecule has 5 nitrogen and oxygen atoms in total. The van der Waals surface area contributed by atoms with Gasteiger partial charge in [0, 0.05) is 25.0 Å². The fraction of sp³-hybridized carbons (Fsp3) is 0.353. The van der Waals surface area contributed by atoms with E-state index in [-0.39, 0.29) is 5.91 Å². The number of aliphatic imine (C=N–C) groups is 1. The third-order valence-electron chi connectivity index (χ3n) is 7.92. The topological polar surface area (TPSA) is 53.9 Å². The van der Waals surface area contributed by atoms with Crippen LogP contribution in [-0.2, 0) is 16.1 Å². The van der Waals surface area contributed by atoms with Gasteiger partial charge in [0.25, 0.3) is 5.91 Å². The van der Waals surface area contributed by atoms with Crippen LogP contribution in [0.25, 0.3) is 5.57 Å².